The van der Waals surface area contributed by atoms with E-state index in [9.17, 15) is 0 Å². The fourth-order valence-corrected chi connectivity index (χ4v) is 3.37. The molecule has 0 saturated heterocycles. The van der Waals surface area contributed by atoms with Crippen molar-refractivity contribution < 1.29 is 9.47 Å². The van der Waals surface area contributed by atoms with Crippen LogP contribution in [0.15, 0.2) is 21.6 Å². The predicted molar refractivity (Wildman–Crippen MR) is 73.0 cm³/mol. The summed E-state index contributed by atoms with van der Waals surface area (Å²) >= 11 is 3.61. The Morgan fingerprint density at radius 2 is 2.28 bits per heavy atom. The van der Waals surface area contributed by atoms with E-state index in [0.29, 0.717) is 12.6 Å². The molecule has 5 heteroatoms. The van der Waals surface area contributed by atoms with Crippen LogP contribution in [0.25, 0.3) is 0 Å². The second-order valence-electron chi connectivity index (χ2n) is 4.85. The average Bonchev–Trinajstić information content (AvgIpc) is 2.71. The van der Waals surface area contributed by atoms with Gasteiger partial charge in [0.15, 0.2) is 0 Å². The quantitative estimate of drug-likeness (QED) is 0.863. The zero-order valence-corrected chi connectivity index (χ0v) is 11.8. The molecule has 1 unspecified atom stereocenters. The first-order chi connectivity index (χ1) is 8.63. The van der Waals surface area contributed by atoms with Gasteiger partial charge in [0, 0.05) is 16.5 Å². The first-order valence-corrected chi connectivity index (χ1v) is 6.75. The molecule has 1 aromatic rings. The maximum absolute atomic E-state index is 5.65. The molecule has 1 aromatic carbocycles. The van der Waals surface area contributed by atoms with Gasteiger partial charge in [-0.2, -0.15) is 0 Å². The first-order valence-electron chi connectivity index (χ1n) is 5.96. The molecule has 96 valence electrons. The summed E-state index contributed by atoms with van der Waals surface area (Å²) in [4.78, 5) is 4.48. The number of aliphatic imine (C=N–C) groups is 1. The van der Waals surface area contributed by atoms with Gasteiger partial charge in [0.05, 0.1) is 7.11 Å². The molecule has 1 aliphatic heterocycles. The van der Waals surface area contributed by atoms with Crippen LogP contribution in [-0.4, -0.2) is 25.3 Å². The zero-order chi connectivity index (χ0) is 12.8. The third kappa shape index (κ3) is 1.77. The molecule has 4 nitrogen and oxygen atoms in total. The van der Waals surface area contributed by atoms with Crippen LogP contribution >= 0.6 is 15.9 Å². The lowest BCUT2D eigenvalue weighted by Crippen LogP contribution is -2.35. The maximum atomic E-state index is 5.65. The lowest BCUT2D eigenvalue weighted by molar-refractivity contribution is 0.233. The van der Waals surface area contributed by atoms with Crippen molar-refractivity contribution in [3.05, 3.63) is 27.7 Å². The topological polar surface area (TPSA) is 56.8 Å². The summed E-state index contributed by atoms with van der Waals surface area (Å²) in [5, 5.41) is 0. The van der Waals surface area contributed by atoms with E-state index in [4.69, 9.17) is 15.2 Å². The van der Waals surface area contributed by atoms with Gasteiger partial charge in [-0.1, -0.05) is 15.9 Å². The van der Waals surface area contributed by atoms with Crippen LogP contribution in [0.4, 0.5) is 0 Å². The average molecular weight is 311 g/mol. The molecule has 1 atom stereocenters. The highest BCUT2D eigenvalue weighted by molar-refractivity contribution is 9.10. The smallest absolute Gasteiger partial charge is 0.282 e. The molecule has 0 amide bonds. The molecule has 1 aliphatic carbocycles. The largest absolute Gasteiger partial charge is 0.496 e. The van der Waals surface area contributed by atoms with Crippen LogP contribution in [0.2, 0.25) is 0 Å². The van der Waals surface area contributed by atoms with Crippen LogP contribution in [0.1, 0.15) is 17.5 Å². The summed E-state index contributed by atoms with van der Waals surface area (Å²) in [6.45, 7) is 0.577. The summed E-state index contributed by atoms with van der Waals surface area (Å²) in [7, 11) is 1.70. The van der Waals surface area contributed by atoms with E-state index in [1.807, 2.05) is 12.1 Å². The van der Waals surface area contributed by atoms with Crippen LogP contribution in [-0.2, 0) is 17.6 Å². The van der Waals surface area contributed by atoms with Crippen LogP contribution in [0.5, 0.6) is 5.75 Å². The molecule has 1 spiro atoms. The number of fused-ring (bicyclic) bond motifs is 1. The normalized spacial score (nSPS) is 25.6. The number of halogens is 1. The molecule has 2 N–H and O–H groups in total. The third-order valence-electron chi connectivity index (χ3n) is 3.73. The minimum Gasteiger partial charge on any atom is -0.496 e. The molecule has 3 rings (SSSR count). The Bertz CT molecular complexity index is 530. The number of nitrogens with two attached hydrogens (primary N) is 1. The van der Waals surface area contributed by atoms with Crippen molar-refractivity contribution >= 4 is 22.0 Å². The number of hydrogen-bond acceptors (Lipinski definition) is 4. The number of nitrogens with zero attached hydrogens (tertiary/aromatic N) is 1. The second kappa shape index (κ2) is 4.16. The highest BCUT2D eigenvalue weighted by Crippen LogP contribution is 2.41. The van der Waals surface area contributed by atoms with Crippen LogP contribution in [0, 0.1) is 0 Å². The summed E-state index contributed by atoms with van der Waals surface area (Å²) in [5.74, 6) is 0.924. The second-order valence-corrected chi connectivity index (χ2v) is 5.70. The van der Waals surface area contributed by atoms with E-state index in [1.54, 1.807) is 7.11 Å². The SMILES string of the molecule is COc1ccc(Br)c2c1CC1(CC2)COC(N)=N1. The van der Waals surface area contributed by atoms with E-state index < -0.39 is 0 Å². The number of benzene rings is 1. The van der Waals surface area contributed by atoms with E-state index in [-0.39, 0.29) is 5.54 Å². The molecule has 0 saturated carbocycles. The Kier molecular flexibility index (Phi) is 2.73. The van der Waals surface area contributed by atoms with Crippen molar-refractivity contribution in [1.29, 1.82) is 0 Å². The van der Waals surface area contributed by atoms with Gasteiger partial charge in [-0.05, 0) is 30.5 Å². The molecule has 1 heterocycles. The minimum absolute atomic E-state index is 0.189. The molecule has 0 bridgehead atoms. The standard InChI is InChI=1S/C13H15BrN2O2/c1-17-11-3-2-10(14)8-4-5-13(6-9(8)11)7-18-12(15)16-13/h2-3H,4-7H2,1H3,(H2,15,16). The van der Waals surface area contributed by atoms with Gasteiger partial charge in [0.1, 0.15) is 17.9 Å². The van der Waals surface area contributed by atoms with Gasteiger partial charge in [0.25, 0.3) is 6.02 Å². The Morgan fingerprint density at radius 3 is 2.94 bits per heavy atom. The fourth-order valence-electron chi connectivity index (χ4n) is 2.80. The summed E-state index contributed by atoms with van der Waals surface area (Å²) < 4.78 is 11.9. The van der Waals surface area contributed by atoms with Crippen LogP contribution < -0.4 is 10.5 Å². The number of amidine groups is 1. The van der Waals surface area contributed by atoms with Crippen molar-refractivity contribution in [3.8, 4) is 5.75 Å². The molecular formula is C13H15BrN2O2. The van der Waals surface area contributed by atoms with E-state index in [0.717, 1.165) is 29.5 Å². The molecule has 0 aromatic heterocycles. The zero-order valence-electron chi connectivity index (χ0n) is 10.2. The van der Waals surface area contributed by atoms with Crippen molar-refractivity contribution in [2.75, 3.05) is 13.7 Å². The van der Waals surface area contributed by atoms with Gasteiger partial charge in [-0.3, -0.25) is 0 Å². The Balaban J connectivity index is 2.04. The summed E-state index contributed by atoms with van der Waals surface area (Å²) in [5.41, 5.74) is 8.00. The summed E-state index contributed by atoms with van der Waals surface area (Å²) in [6.07, 6.45) is 2.76. The summed E-state index contributed by atoms with van der Waals surface area (Å²) in [6, 6.07) is 4.34. The number of ether oxygens (including phenoxy) is 2. The lowest BCUT2D eigenvalue weighted by atomic mass is 9.78. The van der Waals surface area contributed by atoms with Crippen LogP contribution in [0.3, 0.4) is 0 Å². The lowest BCUT2D eigenvalue weighted by Gasteiger charge is -2.31. The fraction of sp³-hybridized carbons (Fsp3) is 0.462. The monoisotopic (exact) mass is 310 g/mol. The van der Waals surface area contributed by atoms with Gasteiger partial charge in [-0.15, -0.1) is 0 Å². The number of hydrogen-bond donors (Lipinski definition) is 1. The van der Waals surface area contributed by atoms with Crippen molar-refractivity contribution in [2.24, 2.45) is 10.7 Å². The molecule has 2 aliphatic rings. The molecule has 18 heavy (non-hydrogen) atoms. The van der Waals surface area contributed by atoms with Crippen molar-refractivity contribution in [2.45, 2.75) is 24.8 Å². The number of methoxy groups -OCH3 is 1. The highest BCUT2D eigenvalue weighted by Gasteiger charge is 2.40. The molecule has 0 radical (unpaired) electrons. The van der Waals surface area contributed by atoms with E-state index in [2.05, 4.69) is 20.9 Å². The third-order valence-corrected chi connectivity index (χ3v) is 4.48. The van der Waals surface area contributed by atoms with E-state index >= 15 is 0 Å². The predicted octanol–water partition coefficient (Wildman–Crippen LogP) is 2.03. The van der Waals surface area contributed by atoms with Gasteiger partial charge < -0.3 is 15.2 Å². The van der Waals surface area contributed by atoms with Gasteiger partial charge >= 0.3 is 0 Å². The van der Waals surface area contributed by atoms with Gasteiger partial charge in [0.2, 0.25) is 0 Å². The van der Waals surface area contributed by atoms with E-state index in [1.165, 1.54) is 11.1 Å². The number of rotatable bonds is 1. The molecule has 0 fully saturated rings. The maximum Gasteiger partial charge on any atom is 0.282 e. The Hall–Kier alpha value is -1.23. The Morgan fingerprint density at radius 1 is 1.44 bits per heavy atom. The molecular weight excluding hydrogens is 296 g/mol. The van der Waals surface area contributed by atoms with Gasteiger partial charge in [-0.25, -0.2) is 4.99 Å². The Labute approximate surface area is 114 Å². The van der Waals surface area contributed by atoms with Crippen molar-refractivity contribution in [3.63, 3.8) is 0 Å². The first kappa shape index (κ1) is 11.8. The highest BCUT2D eigenvalue weighted by atomic mass is 79.9. The minimum atomic E-state index is -0.189. The van der Waals surface area contributed by atoms with Crippen molar-refractivity contribution in [1.82, 2.24) is 0 Å².